The van der Waals surface area contributed by atoms with E-state index in [0.717, 1.165) is 19.3 Å². The molecule has 1 aliphatic rings. The quantitative estimate of drug-likeness (QED) is 0.733. The van der Waals surface area contributed by atoms with Crippen molar-refractivity contribution < 1.29 is 18.3 Å². The van der Waals surface area contributed by atoms with Crippen molar-refractivity contribution in [1.82, 2.24) is 8.61 Å². The molecule has 20 heavy (non-hydrogen) atoms. The van der Waals surface area contributed by atoms with E-state index in [2.05, 4.69) is 0 Å². The molecule has 8 heteroatoms. The Bertz CT molecular complexity index is 427. The molecular weight excluding hydrogens is 300 g/mol. The Morgan fingerprint density at radius 1 is 1.40 bits per heavy atom. The average Bonchev–Trinajstić information content (AvgIpc) is 2.80. The van der Waals surface area contributed by atoms with Gasteiger partial charge in [0.2, 0.25) is 0 Å². The summed E-state index contributed by atoms with van der Waals surface area (Å²) in [5.41, 5.74) is 0. The molecule has 1 fully saturated rings. The first-order valence-electron chi connectivity index (χ1n) is 6.95. The molecule has 6 nitrogen and oxygen atoms in total. The van der Waals surface area contributed by atoms with Gasteiger partial charge in [-0.3, -0.25) is 4.79 Å². The number of carbonyl (C=O) groups is 1. The van der Waals surface area contributed by atoms with Gasteiger partial charge >= 0.3 is 5.97 Å². The van der Waals surface area contributed by atoms with Crippen molar-refractivity contribution in [2.75, 3.05) is 19.3 Å². The predicted molar refractivity (Wildman–Crippen MR) is 80.9 cm³/mol. The molecule has 0 aromatic rings. The molecule has 0 aromatic heterocycles. The van der Waals surface area contributed by atoms with Crippen LogP contribution in [0.15, 0.2) is 0 Å². The van der Waals surface area contributed by atoms with E-state index in [1.54, 1.807) is 0 Å². The van der Waals surface area contributed by atoms with E-state index < -0.39 is 22.2 Å². The van der Waals surface area contributed by atoms with E-state index in [-0.39, 0.29) is 5.37 Å². The predicted octanol–water partition coefficient (Wildman–Crippen LogP) is 1.59. The number of nitrogens with zero attached hydrogens (tertiary/aromatic N) is 2. The molecule has 0 saturated carbocycles. The van der Waals surface area contributed by atoms with Crippen LogP contribution in [0.5, 0.6) is 0 Å². The minimum atomic E-state index is -3.71. The maximum Gasteiger partial charge on any atom is 0.322 e. The van der Waals surface area contributed by atoms with Crippen LogP contribution in [0, 0.1) is 0 Å². The molecule has 0 radical (unpaired) electrons. The van der Waals surface area contributed by atoms with Crippen LogP contribution >= 0.6 is 11.8 Å². The molecular formula is C12H24N2O4S2. The van der Waals surface area contributed by atoms with Crippen LogP contribution in [0.3, 0.4) is 0 Å². The van der Waals surface area contributed by atoms with Gasteiger partial charge in [0.15, 0.2) is 0 Å². The summed E-state index contributed by atoms with van der Waals surface area (Å²) >= 11 is 1.42. The third-order valence-corrected chi connectivity index (χ3v) is 6.85. The summed E-state index contributed by atoms with van der Waals surface area (Å²) < 4.78 is 27.7. The van der Waals surface area contributed by atoms with Crippen molar-refractivity contribution in [1.29, 1.82) is 0 Å². The molecule has 2 atom stereocenters. The smallest absolute Gasteiger partial charge is 0.322 e. The molecule has 1 rings (SSSR count). The summed E-state index contributed by atoms with van der Waals surface area (Å²) in [4.78, 5) is 11.3. The largest absolute Gasteiger partial charge is 0.480 e. The summed E-state index contributed by atoms with van der Waals surface area (Å²) in [6.07, 6.45) is 3.17. The molecule has 0 bridgehead atoms. The van der Waals surface area contributed by atoms with Crippen LogP contribution in [-0.4, -0.2) is 58.9 Å². The van der Waals surface area contributed by atoms with Crippen LogP contribution in [0.4, 0.5) is 0 Å². The molecule has 1 aliphatic heterocycles. The van der Waals surface area contributed by atoms with Gasteiger partial charge < -0.3 is 5.11 Å². The fourth-order valence-corrected chi connectivity index (χ4v) is 5.73. The van der Waals surface area contributed by atoms with Crippen LogP contribution in [-0.2, 0) is 15.0 Å². The van der Waals surface area contributed by atoms with Crippen molar-refractivity contribution >= 4 is 27.9 Å². The van der Waals surface area contributed by atoms with Gasteiger partial charge in [-0.25, -0.2) is 0 Å². The second-order valence-corrected chi connectivity index (χ2v) is 8.09. The highest BCUT2D eigenvalue weighted by atomic mass is 32.2. The van der Waals surface area contributed by atoms with Gasteiger partial charge in [0.25, 0.3) is 10.2 Å². The van der Waals surface area contributed by atoms with Crippen LogP contribution in [0.25, 0.3) is 0 Å². The fourth-order valence-electron chi connectivity index (χ4n) is 2.15. The summed E-state index contributed by atoms with van der Waals surface area (Å²) in [6.45, 7) is 4.39. The Kier molecular flexibility index (Phi) is 6.77. The Labute approximate surface area is 125 Å². The lowest BCUT2D eigenvalue weighted by atomic mass is 10.3. The Morgan fingerprint density at radius 2 is 2.05 bits per heavy atom. The minimum Gasteiger partial charge on any atom is -0.480 e. The number of carboxylic acids is 1. The van der Waals surface area contributed by atoms with Gasteiger partial charge in [-0.05, 0) is 12.8 Å². The molecule has 0 aromatic carbocycles. The van der Waals surface area contributed by atoms with E-state index in [1.807, 2.05) is 13.8 Å². The maximum atomic E-state index is 12.6. The van der Waals surface area contributed by atoms with E-state index in [1.165, 1.54) is 27.4 Å². The zero-order chi connectivity index (χ0) is 15.3. The van der Waals surface area contributed by atoms with Gasteiger partial charge in [-0.15, -0.1) is 11.8 Å². The van der Waals surface area contributed by atoms with Crippen molar-refractivity contribution in [3.63, 3.8) is 0 Å². The van der Waals surface area contributed by atoms with Crippen molar-refractivity contribution in [2.45, 2.75) is 50.9 Å². The van der Waals surface area contributed by atoms with E-state index >= 15 is 0 Å². The summed E-state index contributed by atoms with van der Waals surface area (Å²) in [7, 11) is -2.19. The van der Waals surface area contributed by atoms with Crippen molar-refractivity contribution in [2.24, 2.45) is 0 Å². The number of rotatable bonds is 8. The van der Waals surface area contributed by atoms with E-state index in [9.17, 15) is 18.3 Å². The van der Waals surface area contributed by atoms with Gasteiger partial charge in [0, 0.05) is 19.3 Å². The number of unbranched alkanes of at least 4 members (excludes halogenated alkanes) is 1. The number of hydrogen-bond acceptors (Lipinski definition) is 4. The van der Waals surface area contributed by atoms with Gasteiger partial charge in [-0.2, -0.15) is 17.0 Å². The van der Waals surface area contributed by atoms with Crippen LogP contribution in [0.1, 0.15) is 39.5 Å². The highest BCUT2D eigenvalue weighted by Crippen LogP contribution is 2.35. The highest BCUT2D eigenvalue weighted by Gasteiger charge is 2.46. The molecule has 0 spiro atoms. The lowest BCUT2D eigenvalue weighted by Gasteiger charge is -2.30. The number of hydrogen-bond donors (Lipinski definition) is 1. The first-order chi connectivity index (χ1) is 9.36. The second-order valence-electron chi connectivity index (χ2n) is 4.94. The van der Waals surface area contributed by atoms with E-state index in [0.29, 0.717) is 18.7 Å². The van der Waals surface area contributed by atoms with Crippen LogP contribution in [0.2, 0.25) is 0 Å². The van der Waals surface area contributed by atoms with Gasteiger partial charge in [0.1, 0.15) is 6.04 Å². The third-order valence-electron chi connectivity index (χ3n) is 3.35. The topological polar surface area (TPSA) is 77.9 Å². The molecule has 1 heterocycles. The molecule has 1 saturated heterocycles. The monoisotopic (exact) mass is 324 g/mol. The molecule has 0 aliphatic carbocycles. The molecule has 1 N–H and O–H groups in total. The average molecular weight is 324 g/mol. The lowest BCUT2D eigenvalue weighted by molar-refractivity contribution is -0.140. The standard InChI is InChI=1S/C12H24N2O4S2/c1-4-6-8-13(3)20(17,18)14-10(12(15)16)9-19-11(14)7-5-2/h10-11H,4-9H2,1-3H3,(H,15,16). The molecule has 118 valence electrons. The second kappa shape index (κ2) is 7.63. The normalized spacial score (nSPS) is 24.4. The van der Waals surface area contributed by atoms with E-state index in [4.69, 9.17) is 0 Å². The first kappa shape index (κ1) is 17.7. The minimum absolute atomic E-state index is 0.268. The molecule has 2 unspecified atom stereocenters. The Hall–Kier alpha value is -0.310. The number of thioether (sulfide) groups is 1. The van der Waals surface area contributed by atoms with Crippen LogP contribution < -0.4 is 0 Å². The van der Waals surface area contributed by atoms with Crippen molar-refractivity contribution in [3.8, 4) is 0 Å². The molecule has 0 amide bonds. The summed E-state index contributed by atoms with van der Waals surface area (Å²) in [5, 5.41) is 8.98. The van der Waals surface area contributed by atoms with Gasteiger partial charge in [-0.1, -0.05) is 26.7 Å². The summed E-state index contributed by atoms with van der Waals surface area (Å²) in [5.74, 6) is -0.746. The highest BCUT2D eigenvalue weighted by molar-refractivity contribution is 8.01. The Balaban J connectivity index is 2.98. The van der Waals surface area contributed by atoms with Gasteiger partial charge in [0.05, 0.1) is 5.37 Å². The van der Waals surface area contributed by atoms with Crippen molar-refractivity contribution in [3.05, 3.63) is 0 Å². The first-order valence-corrected chi connectivity index (χ1v) is 9.40. The summed E-state index contributed by atoms with van der Waals surface area (Å²) in [6, 6.07) is -0.953. The zero-order valence-corrected chi connectivity index (χ0v) is 13.9. The third kappa shape index (κ3) is 3.87. The fraction of sp³-hybridized carbons (Fsp3) is 0.917. The maximum absolute atomic E-state index is 12.6. The number of carboxylic acid groups (broad SMARTS) is 1. The lowest BCUT2D eigenvalue weighted by Crippen LogP contribution is -2.51. The SMILES string of the molecule is CCCCN(C)S(=O)(=O)N1C(CCC)SCC1C(=O)O. The Morgan fingerprint density at radius 3 is 2.55 bits per heavy atom. The zero-order valence-electron chi connectivity index (χ0n) is 12.3. The number of aliphatic carboxylic acids is 1.